The number of hydrogen-bond acceptors (Lipinski definition) is 3. The van der Waals surface area contributed by atoms with Gasteiger partial charge in [-0.3, -0.25) is 4.98 Å². The highest BCUT2D eigenvalue weighted by Gasteiger charge is 2.50. The summed E-state index contributed by atoms with van der Waals surface area (Å²) < 4.78 is 5.59. The van der Waals surface area contributed by atoms with E-state index in [0.717, 1.165) is 24.8 Å². The maximum absolute atomic E-state index is 12.5. The second-order valence-corrected chi connectivity index (χ2v) is 7.28. The van der Waals surface area contributed by atoms with Gasteiger partial charge < -0.3 is 9.64 Å². The van der Waals surface area contributed by atoms with Crippen LogP contribution in [0.5, 0.6) is 0 Å². The van der Waals surface area contributed by atoms with Crippen LogP contribution in [0.15, 0.2) is 25.0 Å². The Morgan fingerprint density at radius 3 is 2.86 bits per heavy atom. The number of pyridine rings is 1. The topological polar surface area (TPSA) is 42.4 Å². The Labute approximate surface area is 132 Å². The van der Waals surface area contributed by atoms with Gasteiger partial charge in [0, 0.05) is 30.4 Å². The molecule has 3 rings (SSSR count). The van der Waals surface area contributed by atoms with Gasteiger partial charge in [-0.05, 0) is 57.2 Å². The molecule has 1 aromatic rings. The molecule has 22 heavy (non-hydrogen) atoms. The molecule has 0 aliphatic carbocycles. The first-order chi connectivity index (χ1) is 10.4. The average molecular weight is 300 g/mol. The van der Waals surface area contributed by atoms with Gasteiger partial charge in [0.2, 0.25) is 0 Å². The van der Waals surface area contributed by atoms with E-state index in [2.05, 4.69) is 17.6 Å². The molecule has 3 atom stereocenters. The van der Waals surface area contributed by atoms with Crippen molar-refractivity contribution in [2.45, 2.75) is 63.6 Å². The molecule has 2 aliphatic heterocycles. The summed E-state index contributed by atoms with van der Waals surface area (Å²) >= 11 is 0. The van der Waals surface area contributed by atoms with Crippen molar-refractivity contribution in [1.29, 1.82) is 0 Å². The van der Waals surface area contributed by atoms with E-state index >= 15 is 0 Å². The summed E-state index contributed by atoms with van der Waals surface area (Å²) in [7, 11) is 0. The Kier molecular flexibility index (Phi) is 3.71. The van der Waals surface area contributed by atoms with Gasteiger partial charge in [0.05, 0.1) is 0 Å². The van der Waals surface area contributed by atoms with Crippen molar-refractivity contribution in [3.8, 4) is 0 Å². The summed E-state index contributed by atoms with van der Waals surface area (Å²) in [5.74, 6) is 0.360. The molecule has 3 heterocycles. The molecule has 2 bridgehead atoms. The van der Waals surface area contributed by atoms with E-state index in [1.165, 1.54) is 5.56 Å². The summed E-state index contributed by atoms with van der Waals surface area (Å²) in [5.41, 5.74) is 1.79. The van der Waals surface area contributed by atoms with Gasteiger partial charge in [0.15, 0.2) is 0 Å². The van der Waals surface area contributed by atoms with E-state index in [-0.39, 0.29) is 12.1 Å². The Morgan fingerprint density at radius 1 is 1.41 bits per heavy atom. The third-order valence-corrected chi connectivity index (χ3v) is 4.59. The molecule has 0 N–H and O–H groups in total. The highest BCUT2D eigenvalue weighted by atomic mass is 16.6. The summed E-state index contributed by atoms with van der Waals surface area (Å²) in [6.07, 6.45) is 8.51. The smallest absolute Gasteiger partial charge is 0.410 e. The van der Waals surface area contributed by atoms with Crippen molar-refractivity contribution in [1.82, 2.24) is 9.88 Å². The van der Waals surface area contributed by atoms with Gasteiger partial charge in [0.25, 0.3) is 0 Å². The third-order valence-electron chi connectivity index (χ3n) is 4.59. The van der Waals surface area contributed by atoms with Crippen LogP contribution in [0, 0.1) is 0 Å². The molecule has 4 heteroatoms. The summed E-state index contributed by atoms with van der Waals surface area (Å²) in [6, 6.07) is 2.68. The predicted octanol–water partition coefficient (Wildman–Crippen LogP) is 3.98. The molecule has 0 radical (unpaired) electrons. The molecule has 2 aliphatic rings. The normalized spacial score (nSPS) is 27.0. The van der Waals surface area contributed by atoms with Gasteiger partial charge in [-0.15, -0.1) is 0 Å². The summed E-state index contributed by atoms with van der Waals surface area (Å²) in [5, 5.41) is 0. The first-order valence-corrected chi connectivity index (χ1v) is 7.98. The van der Waals surface area contributed by atoms with Crippen LogP contribution < -0.4 is 0 Å². The minimum Gasteiger partial charge on any atom is -0.444 e. The lowest BCUT2D eigenvalue weighted by atomic mass is 9.84. The molecular weight excluding hydrogens is 276 g/mol. The minimum absolute atomic E-state index is 0.171. The van der Waals surface area contributed by atoms with Gasteiger partial charge in [0.1, 0.15) is 5.60 Å². The molecule has 0 aromatic carbocycles. The Hall–Kier alpha value is -1.84. The fourth-order valence-electron chi connectivity index (χ4n) is 3.74. The lowest BCUT2D eigenvalue weighted by molar-refractivity contribution is 0.0213. The monoisotopic (exact) mass is 300 g/mol. The lowest BCUT2D eigenvalue weighted by Gasteiger charge is -2.28. The average Bonchev–Trinajstić information content (AvgIpc) is 3.03. The maximum atomic E-state index is 12.5. The Balaban J connectivity index is 1.80. The molecule has 1 amide bonds. The van der Waals surface area contributed by atoms with Crippen LogP contribution in [-0.4, -0.2) is 33.7 Å². The molecule has 1 aromatic heterocycles. The van der Waals surface area contributed by atoms with Crippen LogP contribution >= 0.6 is 0 Å². The fraction of sp³-hybridized carbons (Fsp3) is 0.556. The predicted molar refractivity (Wildman–Crippen MR) is 86.6 cm³/mol. The Morgan fingerprint density at radius 2 is 2.18 bits per heavy atom. The number of ether oxygens (including phenoxy) is 1. The second kappa shape index (κ2) is 5.41. The van der Waals surface area contributed by atoms with Crippen molar-refractivity contribution in [3.63, 3.8) is 0 Å². The number of amides is 1. The van der Waals surface area contributed by atoms with Crippen LogP contribution in [0.3, 0.4) is 0 Å². The van der Waals surface area contributed by atoms with Crippen LogP contribution in [0.2, 0.25) is 0 Å². The lowest BCUT2D eigenvalue weighted by Crippen LogP contribution is -2.40. The highest BCUT2D eigenvalue weighted by molar-refractivity contribution is 5.70. The van der Waals surface area contributed by atoms with Crippen molar-refractivity contribution in [2.75, 3.05) is 0 Å². The number of fused-ring (bicyclic) bond motifs is 2. The molecule has 0 spiro atoms. The molecule has 118 valence electrons. The first kappa shape index (κ1) is 15.1. The zero-order chi connectivity index (χ0) is 15.9. The van der Waals surface area contributed by atoms with E-state index in [1.54, 1.807) is 0 Å². The van der Waals surface area contributed by atoms with Crippen LogP contribution in [0.25, 0.3) is 6.08 Å². The standard InChI is InChI=1S/C18H24N2O2/c1-5-12-8-13(11-19-10-12)15-9-14-6-7-16(15)20(14)17(21)22-18(2,3)4/h5,8,10-11,14-16H,1,6-7,9H2,2-4H3/t14-,15+,16+/m0/s1. The van der Waals surface area contributed by atoms with Crippen LogP contribution in [0.1, 0.15) is 57.1 Å². The molecule has 0 unspecified atom stereocenters. The second-order valence-electron chi connectivity index (χ2n) is 7.28. The zero-order valence-corrected chi connectivity index (χ0v) is 13.6. The van der Waals surface area contributed by atoms with Gasteiger partial charge in [-0.1, -0.05) is 12.7 Å². The quantitative estimate of drug-likeness (QED) is 0.829. The molecule has 2 saturated heterocycles. The minimum atomic E-state index is -0.446. The number of carbonyl (C=O) groups excluding carboxylic acids is 1. The van der Waals surface area contributed by atoms with E-state index < -0.39 is 5.60 Å². The van der Waals surface area contributed by atoms with Crippen LogP contribution in [0.4, 0.5) is 4.79 Å². The van der Waals surface area contributed by atoms with Crippen LogP contribution in [-0.2, 0) is 4.74 Å². The van der Waals surface area contributed by atoms with Crippen molar-refractivity contribution in [2.24, 2.45) is 0 Å². The van der Waals surface area contributed by atoms with Crippen molar-refractivity contribution < 1.29 is 9.53 Å². The molecule has 0 saturated carbocycles. The largest absolute Gasteiger partial charge is 0.444 e. The SMILES string of the molecule is C=Cc1cncc([C@H]2C[C@@H]3CC[C@H]2N3C(=O)OC(C)(C)C)c1. The van der Waals surface area contributed by atoms with Crippen molar-refractivity contribution >= 4 is 12.2 Å². The highest BCUT2D eigenvalue weighted by Crippen LogP contribution is 2.47. The van der Waals surface area contributed by atoms with Gasteiger partial charge >= 0.3 is 6.09 Å². The third kappa shape index (κ3) is 2.74. The summed E-state index contributed by atoms with van der Waals surface area (Å²) in [6.45, 7) is 9.55. The van der Waals surface area contributed by atoms with Gasteiger partial charge in [-0.2, -0.15) is 0 Å². The molecule has 4 nitrogen and oxygen atoms in total. The fourth-order valence-corrected chi connectivity index (χ4v) is 3.74. The number of carbonyl (C=O) groups is 1. The summed E-state index contributed by atoms with van der Waals surface area (Å²) in [4.78, 5) is 18.8. The van der Waals surface area contributed by atoms with Crippen molar-refractivity contribution in [3.05, 3.63) is 36.2 Å². The van der Waals surface area contributed by atoms with E-state index in [1.807, 2.05) is 44.1 Å². The van der Waals surface area contributed by atoms with E-state index in [4.69, 9.17) is 4.74 Å². The van der Waals surface area contributed by atoms with Gasteiger partial charge in [-0.25, -0.2) is 4.79 Å². The number of nitrogens with zero attached hydrogens (tertiary/aromatic N) is 2. The molecular formula is C18H24N2O2. The zero-order valence-electron chi connectivity index (χ0n) is 13.6. The van der Waals surface area contributed by atoms with E-state index in [9.17, 15) is 4.79 Å². The number of rotatable bonds is 2. The number of hydrogen-bond donors (Lipinski definition) is 0. The molecule has 2 fully saturated rings. The first-order valence-electron chi connectivity index (χ1n) is 7.98. The maximum Gasteiger partial charge on any atom is 0.410 e. The number of aromatic nitrogens is 1. The Bertz CT molecular complexity index is 591. The van der Waals surface area contributed by atoms with E-state index in [0.29, 0.717) is 12.0 Å².